The highest BCUT2D eigenvalue weighted by atomic mass is 35.5. The molecule has 0 saturated carbocycles. The molecule has 0 aliphatic carbocycles. The second kappa shape index (κ2) is 12.9. The summed E-state index contributed by atoms with van der Waals surface area (Å²) in [6.45, 7) is 0.737. The number of benzene rings is 3. The predicted octanol–water partition coefficient (Wildman–Crippen LogP) is 6.39. The third-order valence-electron chi connectivity index (χ3n) is 6.36. The van der Waals surface area contributed by atoms with Crippen LogP contribution in [0.1, 0.15) is 16.8 Å². The number of halogens is 1. The van der Waals surface area contributed by atoms with Gasteiger partial charge in [-0.3, -0.25) is 14.3 Å². The van der Waals surface area contributed by atoms with E-state index in [0.29, 0.717) is 47.7 Å². The summed E-state index contributed by atoms with van der Waals surface area (Å²) in [4.78, 5) is 20.4. The largest absolute Gasteiger partial charge is 0.493 e. The molecule has 2 aromatic heterocycles. The Morgan fingerprint density at radius 2 is 1.74 bits per heavy atom. The lowest BCUT2D eigenvalue weighted by Crippen LogP contribution is -2.26. The molecule has 0 bridgehead atoms. The molecule has 0 fully saturated rings. The van der Waals surface area contributed by atoms with Gasteiger partial charge in [-0.15, -0.1) is 10.2 Å². The number of nitrogens with one attached hydrogen (secondary N) is 1. The molecule has 0 radical (unpaired) electrons. The van der Waals surface area contributed by atoms with Gasteiger partial charge in [0.1, 0.15) is 27.2 Å². The first-order valence-corrected chi connectivity index (χ1v) is 14.8. The minimum atomic E-state index is -4.53. The minimum Gasteiger partial charge on any atom is -0.493 e. The van der Waals surface area contributed by atoms with Gasteiger partial charge in [-0.25, -0.2) is 4.98 Å². The lowest BCUT2D eigenvalue weighted by atomic mass is 10.1. The van der Waals surface area contributed by atoms with Crippen LogP contribution in [0.25, 0.3) is 22.0 Å². The van der Waals surface area contributed by atoms with Crippen molar-refractivity contribution in [1.29, 1.82) is 0 Å². The third-order valence-corrected chi connectivity index (χ3v) is 7.55. The molecule has 43 heavy (non-hydrogen) atoms. The van der Waals surface area contributed by atoms with E-state index in [-0.39, 0.29) is 32.7 Å². The summed E-state index contributed by atoms with van der Waals surface area (Å²) in [6, 6.07) is 21.9. The van der Waals surface area contributed by atoms with Crippen LogP contribution in [-0.4, -0.2) is 42.0 Å². The predicted molar refractivity (Wildman–Crippen MR) is 164 cm³/mol. The summed E-state index contributed by atoms with van der Waals surface area (Å²) in [5.41, 5.74) is 8.65. The topological polar surface area (TPSA) is 169 Å². The molecule has 0 saturated heterocycles. The summed E-state index contributed by atoms with van der Waals surface area (Å²) < 4.78 is 39.6. The fraction of sp³-hybridized carbons (Fsp3) is 0.100. The van der Waals surface area contributed by atoms with Gasteiger partial charge in [0.15, 0.2) is 0 Å². The number of hydrogen-bond acceptors (Lipinski definition) is 9. The standard InChI is InChI=1S/C30H25ClN6O5S/c31-29-23(10-5-14-33-29)30(38)34-15-6-16-42-26-11-4-3-9-22(26)24-13-12-19(18-35-24)36-37-25-17-27(43(39,40)41)20-7-1-2-8-21(20)28(25)32/h1-5,7-14,17-18H,6,15-16,32H2,(H,34,38)(H,39,40,41). The highest BCUT2D eigenvalue weighted by Gasteiger charge is 2.18. The first-order chi connectivity index (χ1) is 20.7. The number of ether oxygens (including phenoxy) is 1. The molecule has 13 heteroatoms. The van der Waals surface area contributed by atoms with Crippen LogP contribution in [0.5, 0.6) is 5.75 Å². The smallest absolute Gasteiger partial charge is 0.295 e. The molecule has 2 heterocycles. The maximum absolute atomic E-state index is 12.3. The van der Waals surface area contributed by atoms with E-state index in [1.165, 1.54) is 18.5 Å². The van der Waals surface area contributed by atoms with Crippen LogP contribution in [0.4, 0.5) is 17.1 Å². The number of anilines is 1. The maximum Gasteiger partial charge on any atom is 0.295 e. The highest BCUT2D eigenvalue weighted by Crippen LogP contribution is 2.37. The van der Waals surface area contributed by atoms with Gasteiger partial charge in [0, 0.05) is 29.1 Å². The Balaban J connectivity index is 1.25. The Morgan fingerprint density at radius 1 is 0.977 bits per heavy atom. The highest BCUT2D eigenvalue weighted by molar-refractivity contribution is 7.86. The van der Waals surface area contributed by atoms with Gasteiger partial charge in [0.2, 0.25) is 0 Å². The van der Waals surface area contributed by atoms with Crippen molar-refractivity contribution in [1.82, 2.24) is 15.3 Å². The number of nitrogen functional groups attached to an aromatic ring is 1. The van der Waals surface area contributed by atoms with Gasteiger partial charge in [-0.05, 0) is 48.9 Å². The average Bonchev–Trinajstić information content (AvgIpc) is 3.01. The van der Waals surface area contributed by atoms with Crippen molar-refractivity contribution in [2.45, 2.75) is 11.3 Å². The van der Waals surface area contributed by atoms with E-state index in [9.17, 15) is 17.8 Å². The number of aromatic nitrogens is 2. The van der Waals surface area contributed by atoms with Crippen LogP contribution in [0, 0.1) is 0 Å². The van der Waals surface area contributed by atoms with Crippen LogP contribution >= 0.6 is 11.6 Å². The molecule has 0 atom stereocenters. The number of hydrogen-bond donors (Lipinski definition) is 3. The van der Waals surface area contributed by atoms with Gasteiger partial charge in [0.25, 0.3) is 16.0 Å². The Bertz CT molecular complexity index is 1930. The van der Waals surface area contributed by atoms with E-state index >= 15 is 0 Å². The minimum absolute atomic E-state index is 0.0915. The molecule has 5 aromatic rings. The number of fused-ring (bicyclic) bond motifs is 1. The SMILES string of the molecule is Nc1c(N=Nc2ccc(-c3ccccc3OCCCNC(=O)c3cccnc3Cl)nc2)cc(S(=O)(=O)O)c2ccccc12. The average molecular weight is 617 g/mol. The Morgan fingerprint density at radius 3 is 2.49 bits per heavy atom. The fourth-order valence-corrected chi connectivity index (χ4v) is 5.20. The van der Waals surface area contributed by atoms with E-state index in [2.05, 4.69) is 25.5 Å². The Hall–Kier alpha value is -4.91. The third kappa shape index (κ3) is 6.95. The summed E-state index contributed by atoms with van der Waals surface area (Å²) in [5, 5.41) is 12.0. The van der Waals surface area contributed by atoms with Gasteiger partial charge in [-0.2, -0.15) is 8.42 Å². The van der Waals surface area contributed by atoms with E-state index < -0.39 is 10.1 Å². The number of amides is 1. The lowest BCUT2D eigenvalue weighted by Gasteiger charge is -2.12. The number of para-hydroxylation sites is 1. The zero-order valence-corrected chi connectivity index (χ0v) is 24.1. The zero-order valence-electron chi connectivity index (χ0n) is 22.5. The molecule has 5 rings (SSSR count). The van der Waals surface area contributed by atoms with Gasteiger partial charge in [0.05, 0.1) is 29.7 Å². The van der Waals surface area contributed by atoms with Crippen LogP contribution in [0.3, 0.4) is 0 Å². The zero-order chi connectivity index (χ0) is 30.4. The fourth-order valence-electron chi connectivity index (χ4n) is 4.27. The maximum atomic E-state index is 12.3. The lowest BCUT2D eigenvalue weighted by molar-refractivity contribution is 0.0951. The molecule has 11 nitrogen and oxygen atoms in total. The monoisotopic (exact) mass is 616 g/mol. The molecule has 0 aliphatic heterocycles. The summed E-state index contributed by atoms with van der Waals surface area (Å²) in [5.74, 6) is 0.315. The van der Waals surface area contributed by atoms with E-state index in [1.54, 1.807) is 48.5 Å². The van der Waals surface area contributed by atoms with Crippen molar-refractivity contribution >= 4 is 55.5 Å². The van der Waals surface area contributed by atoms with Crippen molar-refractivity contribution < 1.29 is 22.5 Å². The number of nitrogens with zero attached hydrogens (tertiary/aromatic N) is 4. The molecule has 3 aromatic carbocycles. The molecule has 0 aliphatic rings. The second-order valence-electron chi connectivity index (χ2n) is 9.23. The van der Waals surface area contributed by atoms with Crippen LogP contribution in [0.2, 0.25) is 5.15 Å². The summed E-state index contributed by atoms with van der Waals surface area (Å²) in [7, 11) is -4.53. The van der Waals surface area contributed by atoms with Gasteiger partial charge < -0.3 is 15.8 Å². The van der Waals surface area contributed by atoms with E-state index in [1.807, 2.05) is 24.3 Å². The van der Waals surface area contributed by atoms with Crippen LogP contribution < -0.4 is 15.8 Å². The summed E-state index contributed by atoms with van der Waals surface area (Å²) in [6.07, 6.45) is 3.58. The van der Waals surface area contributed by atoms with E-state index in [0.717, 1.165) is 5.56 Å². The molecule has 4 N–H and O–H groups in total. The normalized spacial score (nSPS) is 11.6. The number of nitrogens with two attached hydrogens (primary N) is 1. The molecular weight excluding hydrogens is 592 g/mol. The van der Waals surface area contributed by atoms with Crippen molar-refractivity contribution in [2.75, 3.05) is 18.9 Å². The number of rotatable bonds is 10. The Labute approximate surface area is 252 Å². The molecule has 1 amide bonds. The second-order valence-corrected chi connectivity index (χ2v) is 11.0. The first-order valence-electron chi connectivity index (χ1n) is 13.0. The number of azo groups is 1. The van der Waals surface area contributed by atoms with Gasteiger partial charge >= 0.3 is 0 Å². The molecule has 0 unspecified atom stereocenters. The van der Waals surface area contributed by atoms with E-state index in [4.69, 9.17) is 22.1 Å². The van der Waals surface area contributed by atoms with Crippen molar-refractivity contribution in [2.24, 2.45) is 10.2 Å². The van der Waals surface area contributed by atoms with Crippen molar-refractivity contribution in [3.05, 3.63) is 102 Å². The number of carbonyl (C=O) groups is 1. The first kappa shape index (κ1) is 29.6. The molecular formula is C30H25ClN6O5S. The van der Waals surface area contributed by atoms with Crippen LogP contribution in [-0.2, 0) is 10.1 Å². The quantitative estimate of drug-likeness (QED) is 0.0532. The number of pyridine rings is 2. The van der Waals surface area contributed by atoms with Crippen molar-refractivity contribution in [3.63, 3.8) is 0 Å². The van der Waals surface area contributed by atoms with Crippen LogP contribution in [0.15, 0.2) is 106 Å². The van der Waals surface area contributed by atoms with Crippen molar-refractivity contribution in [3.8, 4) is 17.0 Å². The molecule has 218 valence electrons. The van der Waals surface area contributed by atoms with Gasteiger partial charge in [-0.1, -0.05) is 48.0 Å². The summed E-state index contributed by atoms with van der Waals surface area (Å²) >= 11 is 5.97. The molecule has 0 spiro atoms. The Kier molecular flexibility index (Phi) is 8.90. The number of carbonyl (C=O) groups excluding carboxylic acids is 1.